The monoisotopic (exact) mass is 484 g/mol. The zero-order valence-electron chi connectivity index (χ0n) is 17.9. The maximum absolute atomic E-state index is 6.74. The summed E-state index contributed by atoms with van der Waals surface area (Å²) in [6.45, 7) is 26.2. The second kappa shape index (κ2) is 9.15. The number of hydrogen-bond donors (Lipinski definition) is 0. The molecule has 0 aromatic heterocycles. The molecule has 0 radical (unpaired) electrons. The highest BCUT2D eigenvalue weighted by atomic mass is 127. The molecule has 144 valence electrons. The van der Waals surface area contributed by atoms with E-state index in [4.69, 9.17) is 8.85 Å². The average molecular weight is 485 g/mol. The molecule has 0 amide bonds. The van der Waals surface area contributed by atoms with Crippen LogP contribution in [0.2, 0.25) is 36.3 Å². The van der Waals surface area contributed by atoms with Crippen LogP contribution in [0.4, 0.5) is 0 Å². The quantitative estimate of drug-likeness (QED) is 0.264. The molecule has 0 fully saturated rings. The summed E-state index contributed by atoms with van der Waals surface area (Å²) in [6.07, 6.45) is 3.47. The Morgan fingerprint density at radius 2 is 1.38 bits per heavy atom. The zero-order chi connectivity index (χ0) is 19.4. The first kappa shape index (κ1) is 24.8. The van der Waals surface area contributed by atoms with Gasteiger partial charge in [-0.2, -0.15) is 0 Å². The predicted molar refractivity (Wildman–Crippen MR) is 122 cm³/mol. The van der Waals surface area contributed by atoms with E-state index in [9.17, 15) is 0 Å². The third kappa shape index (κ3) is 7.60. The van der Waals surface area contributed by atoms with Crippen LogP contribution in [0.5, 0.6) is 0 Å². The highest BCUT2D eigenvalue weighted by Crippen LogP contribution is 2.39. The summed E-state index contributed by atoms with van der Waals surface area (Å²) < 4.78 is 15.2. The van der Waals surface area contributed by atoms with Crippen molar-refractivity contribution in [3.8, 4) is 0 Å². The van der Waals surface area contributed by atoms with E-state index < -0.39 is 16.6 Å². The Labute approximate surface area is 167 Å². The van der Waals surface area contributed by atoms with Crippen molar-refractivity contribution < 1.29 is 8.85 Å². The zero-order valence-corrected chi connectivity index (χ0v) is 22.1. The van der Waals surface area contributed by atoms with E-state index in [1.165, 1.54) is 0 Å². The van der Waals surface area contributed by atoms with Gasteiger partial charge in [-0.3, -0.25) is 0 Å². The molecule has 2 atom stereocenters. The Balaban J connectivity index is 5.01. The molecule has 0 saturated heterocycles. The van der Waals surface area contributed by atoms with Crippen molar-refractivity contribution in [1.29, 1.82) is 0 Å². The molecule has 24 heavy (non-hydrogen) atoms. The smallest absolute Gasteiger partial charge is 0.192 e. The number of hydrogen-bond acceptors (Lipinski definition) is 2. The molecular formula is C19H41IO2Si2. The molecule has 0 unspecified atom stereocenters. The van der Waals surface area contributed by atoms with Crippen LogP contribution in [0.25, 0.3) is 0 Å². The van der Waals surface area contributed by atoms with Crippen molar-refractivity contribution in [3.63, 3.8) is 0 Å². The molecular weight excluding hydrogens is 443 g/mol. The molecule has 0 aromatic rings. The molecule has 0 aromatic carbocycles. The van der Waals surface area contributed by atoms with E-state index in [1.807, 2.05) is 0 Å². The molecule has 0 rings (SSSR count). The van der Waals surface area contributed by atoms with Crippen molar-refractivity contribution in [3.05, 3.63) is 10.2 Å². The SMILES string of the molecule is C[C@@H](/C=C\I)[C@H](CCO[Si](C)(C)C(C)(C)C)O[Si](C)(C)C(C)(C)C. The first-order valence-electron chi connectivity index (χ1n) is 9.14. The maximum atomic E-state index is 6.74. The summed E-state index contributed by atoms with van der Waals surface area (Å²) in [4.78, 5) is 0. The van der Waals surface area contributed by atoms with Gasteiger partial charge in [0.15, 0.2) is 16.6 Å². The lowest BCUT2D eigenvalue weighted by Crippen LogP contribution is -2.46. The minimum Gasteiger partial charge on any atom is -0.417 e. The molecule has 0 heterocycles. The Bertz CT molecular complexity index is 407. The van der Waals surface area contributed by atoms with Gasteiger partial charge in [0.25, 0.3) is 0 Å². The summed E-state index contributed by atoms with van der Waals surface area (Å²) in [7, 11) is -3.46. The first-order chi connectivity index (χ1) is 10.5. The third-order valence-electron chi connectivity index (χ3n) is 5.89. The second-order valence-corrected chi connectivity index (χ2v) is 20.3. The summed E-state index contributed by atoms with van der Waals surface area (Å²) in [5.41, 5.74) is 0. The highest BCUT2D eigenvalue weighted by Gasteiger charge is 2.40. The fourth-order valence-electron chi connectivity index (χ4n) is 1.87. The highest BCUT2D eigenvalue weighted by molar-refractivity contribution is 14.1. The van der Waals surface area contributed by atoms with E-state index in [0.29, 0.717) is 5.92 Å². The van der Waals surface area contributed by atoms with Crippen LogP contribution < -0.4 is 0 Å². The van der Waals surface area contributed by atoms with Gasteiger partial charge in [0.05, 0.1) is 6.10 Å². The van der Waals surface area contributed by atoms with Gasteiger partial charge in [-0.05, 0) is 52.7 Å². The molecule has 0 N–H and O–H groups in total. The van der Waals surface area contributed by atoms with Crippen LogP contribution in [-0.2, 0) is 8.85 Å². The minimum absolute atomic E-state index is 0.235. The second-order valence-electron chi connectivity index (χ2n) is 9.99. The molecule has 0 aliphatic rings. The van der Waals surface area contributed by atoms with Crippen LogP contribution in [0.15, 0.2) is 10.2 Å². The normalized spacial score (nSPS) is 17.3. The van der Waals surface area contributed by atoms with Gasteiger partial charge in [-0.1, -0.05) is 77.1 Å². The average Bonchev–Trinajstić information content (AvgIpc) is 2.34. The van der Waals surface area contributed by atoms with Gasteiger partial charge in [-0.15, -0.1) is 0 Å². The summed E-state index contributed by atoms with van der Waals surface area (Å²) in [5, 5.41) is 0.496. The molecule has 2 nitrogen and oxygen atoms in total. The molecule has 0 aliphatic heterocycles. The lowest BCUT2D eigenvalue weighted by Gasteiger charge is -2.41. The van der Waals surface area contributed by atoms with E-state index >= 15 is 0 Å². The van der Waals surface area contributed by atoms with Crippen LogP contribution in [-0.4, -0.2) is 29.3 Å². The van der Waals surface area contributed by atoms with Gasteiger partial charge < -0.3 is 8.85 Å². The van der Waals surface area contributed by atoms with Crippen LogP contribution in [0.3, 0.4) is 0 Å². The predicted octanol–water partition coefficient (Wildman–Crippen LogP) is 7.37. The summed E-state index contributed by atoms with van der Waals surface area (Å²) >= 11 is 2.30. The Hall–Kier alpha value is 0.824. The third-order valence-corrected chi connectivity index (χ3v) is 15.3. The Kier molecular flexibility index (Phi) is 9.47. The van der Waals surface area contributed by atoms with E-state index in [1.54, 1.807) is 0 Å². The maximum Gasteiger partial charge on any atom is 0.192 e. The molecule has 5 heteroatoms. The van der Waals surface area contributed by atoms with Crippen molar-refractivity contribution >= 4 is 39.2 Å². The van der Waals surface area contributed by atoms with Crippen LogP contribution >= 0.6 is 22.6 Å². The first-order valence-corrected chi connectivity index (χ1v) is 16.2. The fraction of sp³-hybridized carbons (Fsp3) is 0.895. The van der Waals surface area contributed by atoms with E-state index in [-0.39, 0.29) is 16.2 Å². The molecule has 0 saturated carbocycles. The van der Waals surface area contributed by atoms with E-state index in [2.05, 4.69) is 107 Å². The molecule has 0 spiro atoms. The molecule has 0 bridgehead atoms. The van der Waals surface area contributed by atoms with Gasteiger partial charge in [0.1, 0.15) is 0 Å². The van der Waals surface area contributed by atoms with Crippen molar-refractivity contribution in [2.24, 2.45) is 5.92 Å². The van der Waals surface area contributed by atoms with Crippen molar-refractivity contribution in [2.75, 3.05) is 6.61 Å². The van der Waals surface area contributed by atoms with Crippen molar-refractivity contribution in [2.45, 2.75) is 97.3 Å². The minimum atomic E-state index is -1.77. The van der Waals surface area contributed by atoms with Gasteiger partial charge in [-0.25, -0.2) is 0 Å². The fourth-order valence-corrected chi connectivity index (χ4v) is 5.03. The Morgan fingerprint density at radius 1 is 0.917 bits per heavy atom. The number of rotatable bonds is 8. The van der Waals surface area contributed by atoms with E-state index in [0.717, 1.165) is 13.0 Å². The standard InChI is InChI=1S/C19H41IO2Si2/c1-16(12-14-20)17(22-24(10,11)19(5,6)7)13-15-21-23(8,9)18(2,3)4/h12,14,16-17H,13,15H2,1-11H3/b14-12-/t16-,17-/m0/s1. The summed E-state index contributed by atoms with van der Waals surface area (Å²) in [5.74, 6) is 0.416. The van der Waals surface area contributed by atoms with Gasteiger partial charge in [0, 0.05) is 6.61 Å². The largest absolute Gasteiger partial charge is 0.417 e. The van der Waals surface area contributed by atoms with Gasteiger partial charge >= 0.3 is 0 Å². The lowest BCUT2D eigenvalue weighted by atomic mass is 10.0. The van der Waals surface area contributed by atoms with Crippen molar-refractivity contribution in [1.82, 2.24) is 0 Å². The van der Waals surface area contributed by atoms with Crippen LogP contribution in [0, 0.1) is 5.92 Å². The summed E-state index contributed by atoms with van der Waals surface area (Å²) in [6, 6.07) is 0. The number of halogens is 1. The molecule has 0 aliphatic carbocycles. The lowest BCUT2D eigenvalue weighted by molar-refractivity contribution is 0.113. The van der Waals surface area contributed by atoms with Gasteiger partial charge in [0.2, 0.25) is 0 Å². The Morgan fingerprint density at radius 3 is 1.75 bits per heavy atom. The topological polar surface area (TPSA) is 18.5 Å². The van der Waals surface area contributed by atoms with Crippen LogP contribution in [0.1, 0.15) is 54.9 Å².